The molecule has 0 heterocycles. The molecule has 0 unspecified atom stereocenters. The zero-order valence-electron chi connectivity index (χ0n) is 13.9. The number of anilines is 1. The molecule has 0 bridgehead atoms. The number of hydrogen-bond donors (Lipinski definition) is 2. The number of nitrogens with one attached hydrogen (secondary N) is 1. The molecule has 3 aromatic rings. The van der Waals surface area contributed by atoms with E-state index < -0.39 is 10.8 Å². The van der Waals surface area contributed by atoms with Crippen LogP contribution in [0.5, 0.6) is 0 Å². The molecule has 6 nitrogen and oxygen atoms in total. The van der Waals surface area contributed by atoms with Gasteiger partial charge in [0.1, 0.15) is 5.69 Å². The Morgan fingerprint density at radius 3 is 2.31 bits per heavy atom. The minimum Gasteiger partial charge on any atom is -0.375 e. The highest BCUT2D eigenvalue weighted by Gasteiger charge is 2.12. The minimum atomic E-state index is -0.470. The summed E-state index contributed by atoms with van der Waals surface area (Å²) in [5.74, 6) is -0.470. The van der Waals surface area contributed by atoms with Gasteiger partial charge in [0.2, 0.25) is 5.91 Å². The largest absolute Gasteiger partial charge is 0.375 e. The molecule has 0 spiro atoms. The number of primary amides is 1. The SMILES string of the molecule is NC(=O)c1ccccc1-c1ccc(CNc2ccccc2[N+](=O)[O-])cc1. The lowest BCUT2D eigenvalue weighted by Crippen LogP contribution is -2.12. The van der Waals surface area contributed by atoms with Crippen molar-refractivity contribution in [3.63, 3.8) is 0 Å². The second-order valence-corrected chi connectivity index (χ2v) is 5.73. The number of nitrogens with two attached hydrogens (primary N) is 1. The monoisotopic (exact) mass is 347 g/mol. The zero-order valence-corrected chi connectivity index (χ0v) is 13.9. The Morgan fingerprint density at radius 2 is 1.62 bits per heavy atom. The van der Waals surface area contributed by atoms with Crippen molar-refractivity contribution in [3.05, 3.63) is 94.0 Å². The molecule has 0 aliphatic heterocycles. The maximum Gasteiger partial charge on any atom is 0.292 e. The first-order valence-electron chi connectivity index (χ1n) is 8.01. The number of carbonyl (C=O) groups excluding carboxylic acids is 1. The molecule has 6 heteroatoms. The van der Waals surface area contributed by atoms with Crippen molar-refractivity contribution in [3.8, 4) is 11.1 Å². The summed E-state index contributed by atoms with van der Waals surface area (Å²) in [5, 5.41) is 14.1. The summed E-state index contributed by atoms with van der Waals surface area (Å²) in [7, 11) is 0. The molecular formula is C20H17N3O3. The fourth-order valence-electron chi connectivity index (χ4n) is 2.73. The molecule has 3 aromatic carbocycles. The van der Waals surface area contributed by atoms with Gasteiger partial charge in [0.05, 0.1) is 4.92 Å². The summed E-state index contributed by atoms with van der Waals surface area (Å²) in [5.41, 5.74) is 9.03. The van der Waals surface area contributed by atoms with E-state index in [1.807, 2.05) is 36.4 Å². The number of nitro groups is 1. The van der Waals surface area contributed by atoms with Gasteiger partial charge in [-0.3, -0.25) is 14.9 Å². The van der Waals surface area contributed by atoms with E-state index in [1.165, 1.54) is 6.07 Å². The van der Waals surface area contributed by atoms with Gasteiger partial charge in [-0.2, -0.15) is 0 Å². The van der Waals surface area contributed by atoms with Gasteiger partial charge in [-0.15, -0.1) is 0 Å². The quantitative estimate of drug-likeness (QED) is 0.520. The van der Waals surface area contributed by atoms with Gasteiger partial charge in [0, 0.05) is 18.2 Å². The fraction of sp³-hybridized carbons (Fsp3) is 0.0500. The Morgan fingerprint density at radius 1 is 0.962 bits per heavy atom. The lowest BCUT2D eigenvalue weighted by Gasteiger charge is -2.10. The van der Waals surface area contributed by atoms with E-state index in [0.29, 0.717) is 17.8 Å². The van der Waals surface area contributed by atoms with E-state index in [2.05, 4.69) is 5.32 Å². The van der Waals surface area contributed by atoms with Crippen LogP contribution >= 0.6 is 0 Å². The summed E-state index contributed by atoms with van der Waals surface area (Å²) in [6.07, 6.45) is 0. The highest BCUT2D eigenvalue weighted by molar-refractivity contribution is 5.99. The smallest absolute Gasteiger partial charge is 0.292 e. The maximum atomic E-state index is 11.6. The molecule has 130 valence electrons. The molecule has 0 fully saturated rings. The third-order valence-electron chi connectivity index (χ3n) is 4.04. The number of amides is 1. The second kappa shape index (κ2) is 7.48. The maximum absolute atomic E-state index is 11.6. The number of nitrogens with zero attached hydrogens (tertiary/aromatic N) is 1. The molecule has 0 saturated heterocycles. The third kappa shape index (κ3) is 3.70. The van der Waals surface area contributed by atoms with Gasteiger partial charge < -0.3 is 11.1 Å². The van der Waals surface area contributed by atoms with E-state index in [4.69, 9.17) is 5.73 Å². The van der Waals surface area contributed by atoms with Crippen LogP contribution in [0.3, 0.4) is 0 Å². The molecule has 0 atom stereocenters. The van der Waals surface area contributed by atoms with Crippen molar-refractivity contribution >= 4 is 17.3 Å². The average Bonchev–Trinajstić information content (AvgIpc) is 2.67. The second-order valence-electron chi connectivity index (χ2n) is 5.73. The summed E-state index contributed by atoms with van der Waals surface area (Å²) in [6, 6.07) is 21.3. The zero-order chi connectivity index (χ0) is 18.5. The average molecular weight is 347 g/mol. The van der Waals surface area contributed by atoms with Crippen molar-refractivity contribution in [1.82, 2.24) is 0 Å². The van der Waals surface area contributed by atoms with Gasteiger partial charge in [0.15, 0.2) is 0 Å². The predicted octanol–water partition coefficient (Wildman–Crippen LogP) is 3.97. The van der Waals surface area contributed by atoms with Gasteiger partial charge in [0.25, 0.3) is 5.69 Å². The van der Waals surface area contributed by atoms with E-state index in [-0.39, 0.29) is 5.69 Å². The first-order chi connectivity index (χ1) is 12.6. The minimum absolute atomic E-state index is 0.0412. The molecule has 26 heavy (non-hydrogen) atoms. The first-order valence-corrected chi connectivity index (χ1v) is 8.01. The van der Waals surface area contributed by atoms with Crippen LogP contribution < -0.4 is 11.1 Å². The van der Waals surface area contributed by atoms with Crippen molar-refractivity contribution in [1.29, 1.82) is 0 Å². The Labute approximate surface area is 150 Å². The van der Waals surface area contributed by atoms with Crippen LogP contribution in [0, 0.1) is 10.1 Å². The molecule has 0 radical (unpaired) electrons. The Hall–Kier alpha value is -3.67. The number of benzene rings is 3. The van der Waals surface area contributed by atoms with E-state index in [9.17, 15) is 14.9 Å². The van der Waals surface area contributed by atoms with Crippen LogP contribution in [-0.2, 0) is 6.54 Å². The highest BCUT2D eigenvalue weighted by atomic mass is 16.6. The van der Waals surface area contributed by atoms with Gasteiger partial charge in [-0.05, 0) is 28.8 Å². The highest BCUT2D eigenvalue weighted by Crippen LogP contribution is 2.26. The number of rotatable bonds is 6. The van der Waals surface area contributed by atoms with Crippen LogP contribution in [0.4, 0.5) is 11.4 Å². The Bertz CT molecular complexity index is 953. The van der Waals surface area contributed by atoms with Crippen molar-refractivity contribution < 1.29 is 9.72 Å². The van der Waals surface area contributed by atoms with Gasteiger partial charge >= 0.3 is 0 Å². The molecule has 0 aromatic heterocycles. The van der Waals surface area contributed by atoms with Gasteiger partial charge in [-0.25, -0.2) is 0 Å². The van der Waals surface area contributed by atoms with Crippen molar-refractivity contribution in [2.24, 2.45) is 5.73 Å². The van der Waals surface area contributed by atoms with E-state index in [0.717, 1.165) is 16.7 Å². The van der Waals surface area contributed by atoms with E-state index in [1.54, 1.807) is 30.3 Å². The fourth-order valence-corrected chi connectivity index (χ4v) is 2.73. The van der Waals surface area contributed by atoms with Crippen LogP contribution in [0.2, 0.25) is 0 Å². The number of nitro benzene ring substituents is 1. The number of hydrogen-bond acceptors (Lipinski definition) is 4. The first kappa shape index (κ1) is 17.2. The standard InChI is InChI=1S/C20H17N3O3/c21-20(24)17-6-2-1-5-16(17)15-11-9-14(10-12-15)13-22-18-7-3-4-8-19(18)23(25)26/h1-12,22H,13H2,(H2,21,24). The Balaban J connectivity index is 1.77. The molecule has 3 rings (SSSR count). The summed E-state index contributed by atoms with van der Waals surface area (Å²) in [6.45, 7) is 0.447. The molecule has 0 saturated carbocycles. The predicted molar refractivity (Wildman–Crippen MR) is 101 cm³/mol. The molecular weight excluding hydrogens is 330 g/mol. The topological polar surface area (TPSA) is 98.3 Å². The molecule has 0 aliphatic rings. The molecule has 1 amide bonds. The third-order valence-corrected chi connectivity index (χ3v) is 4.04. The number of carbonyl (C=O) groups is 1. The lowest BCUT2D eigenvalue weighted by molar-refractivity contribution is -0.384. The molecule has 3 N–H and O–H groups in total. The van der Waals surface area contributed by atoms with Crippen LogP contribution in [0.1, 0.15) is 15.9 Å². The lowest BCUT2D eigenvalue weighted by atomic mass is 9.98. The summed E-state index contributed by atoms with van der Waals surface area (Å²) < 4.78 is 0. The molecule has 0 aliphatic carbocycles. The number of para-hydroxylation sites is 2. The normalized spacial score (nSPS) is 10.3. The summed E-state index contributed by atoms with van der Waals surface area (Å²) in [4.78, 5) is 22.2. The van der Waals surface area contributed by atoms with Crippen molar-refractivity contribution in [2.75, 3.05) is 5.32 Å². The van der Waals surface area contributed by atoms with Gasteiger partial charge in [-0.1, -0.05) is 54.6 Å². The van der Waals surface area contributed by atoms with E-state index >= 15 is 0 Å². The van der Waals surface area contributed by atoms with Crippen molar-refractivity contribution in [2.45, 2.75) is 6.54 Å². The van der Waals surface area contributed by atoms with Crippen LogP contribution in [-0.4, -0.2) is 10.8 Å². The Kier molecular flexibility index (Phi) is 4.94. The summed E-state index contributed by atoms with van der Waals surface area (Å²) >= 11 is 0. The van der Waals surface area contributed by atoms with Crippen LogP contribution in [0.15, 0.2) is 72.8 Å². The van der Waals surface area contributed by atoms with Crippen LogP contribution in [0.25, 0.3) is 11.1 Å².